The monoisotopic (exact) mass is 446 g/mol. The number of rotatable bonds is 5. The Morgan fingerprint density at radius 1 is 0.967 bits per heavy atom. The molecule has 3 saturated heterocycles. The molecule has 0 radical (unpaired) electrons. The number of hydrogen-bond donors (Lipinski definition) is 1. The molecular weight excluding hydrogens is 408 g/mol. The Hall–Kier alpha value is -0.940. The lowest BCUT2D eigenvalue weighted by Gasteiger charge is -2.39. The van der Waals surface area contributed by atoms with Crippen LogP contribution in [0.3, 0.4) is 0 Å². The van der Waals surface area contributed by atoms with Gasteiger partial charge in [0.25, 0.3) is 10.2 Å². The Labute approximate surface area is 181 Å². The van der Waals surface area contributed by atoms with E-state index in [1.807, 2.05) is 20.8 Å². The zero-order valence-corrected chi connectivity index (χ0v) is 19.5. The van der Waals surface area contributed by atoms with Crippen molar-refractivity contribution in [3.05, 3.63) is 0 Å². The number of piperidine rings is 2. The number of morpholine rings is 1. The molecule has 30 heavy (non-hydrogen) atoms. The van der Waals surface area contributed by atoms with Gasteiger partial charge < -0.3 is 19.7 Å². The van der Waals surface area contributed by atoms with Crippen molar-refractivity contribution in [3.8, 4) is 0 Å². The Morgan fingerprint density at radius 2 is 1.53 bits per heavy atom. The minimum atomic E-state index is -3.35. The predicted octanol–water partition coefficient (Wildman–Crippen LogP) is 1.26. The number of nitrogens with zero attached hydrogens (tertiary/aromatic N) is 3. The Morgan fingerprint density at radius 3 is 2.10 bits per heavy atom. The van der Waals surface area contributed by atoms with Crippen molar-refractivity contribution in [1.29, 1.82) is 0 Å². The molecule has 0 aromatic carbocycles. The topological polar surface area (TPSA) is 91.4 Å². The van der Waals surface area contributed by atoms with Gasteiger partial charge in [0.2, 0.25) is 0 Å². The standard InChI is InChI=1S/C20H38N4O5S/c1-20(2,3)29-19(25)21-18-6-8-22(9-7-18)16-17-4-10-23(11-5-17)30(26,27)24-12-14-28-15-13-24/h17-18H,4-16H2,1-3H3,(H,21,25). The average Bonchev–Trinajstić information content (AvgIpc) is 2.69. The van der Waals surface area contributed by atoms with Gasteiger partial charge in [0, 0.05) is 51.9 Å². The van der Waals surface area contributed by atoms with Gasteiger partial charge in [-0.25, -0.2) is 4.79 Å². The minimum Gasteiger partial charge on any atom is -0.444 e. The van der Waals surface area contributed by atoms with Crippen LogP contribution in [0.5, 0.6) is 0 Å². The molecule has 3 aliphatic rings. The van der Waals surface area contributed by atoms with Crippen LogP contribution in [0.1, 0.15) is 46.5 Å². The van der Waals surface area contributed by atoms with Crippen molar-refractivity contribution in [2.45, 2.75) is 58.1 Å². The first-order chi connectivity index (χ1) is 14.1. The van der Waals surface area contributed by atoms with E-state index in [9.17, 15) is 13.2 Å². The van der Waals surface area contributed by atoms with E-state index in [1.165, 1.54) is 0 Å². The van der Waals surface area contributed by atoms with E-state index in [4.69, 9.17) is 9.47 Å². The highest BCUT2D eigenvalue weighted by Crippen LogP contribution is 2.24. The summed E-state index contributed by atoms with van der Waals surface area (Å²) < 4.78 is 39.4. The maximum Gasteiger partial charge on any atom is 0.407 e. The third kappa shape index (κ3) is 6.78. The smallest absolute Gasteiger partial charge is 0.407 e. The Balaban J connectivity index is 1.36. The number of alkyl carbamates (subject to hydrolysis) is 1. The molecule has 1 amide bonds. The molecule has 3 fully saturated rings. The molecule has 0 aliphatic carbocycles. The Bertz CT molecular complexity index is 659. The lowest BCUT2D eigenvalue weighted by Crippen LogP contribution is -2.51. The van der Waals surface area contributed by atoms with Gasteiger partial charge >= 0.3 is 6.09 Å². The van der Waals surface area contributed by atoms with E-state index in [2.05, 4.69) is 10.2 Å². The summed E-state index contributed by atoms with van der Waals surface area (Å²) in [6, 6.07) is 0.164. The molecule has 3 heterocycles. The summed E-state index contributed by atoms with van der Waals surface area (Å²) in [5, 5.41) is 2.98. The molecule has 0 bridgehead atoms. The number of ether oxygens (including phenoxy) is 2. The highest BCUT2D eigenvalue weighted by atomic mass is 32.2. The normalized spacial score (nSPS) is 24.6. The van der Waals surface area contributed by atoms with E-state index in [0.717, 1.165) is 45.3 Å². The summed E-state index contributed by atoms with van der Waals surface area (Å²) in [6.45, 7) is 11.6. The predicted molar refractivity (Wildman–Crippen MR) is 114 cm³/mol. The molecule has 10 heteroatoms. The van der Waals surface area contributed by atoms with E-state index in [0.29, 0.717) is 45.3 Å². The van der Waals surface area contributed by atoms with Gasteiger partial charge in [-0.2, -0.15) is 17.0 Å². The lowest BCUT2D eigenvalue weighted by atomic mass is 9.96. The van der Waals surface area contributed by atoms with Crippen molar-refractivity contribution in [3.63, 3.8) is 0 Å². The quantitative estimate of drug-likeness (QED) is 0.684. The summed E-state index contributed by atoms with van der Waals surface area (Å²) in [5.74, 6) is 0.525. The van der Waals surface area contributed by atoms with Gasteiger partial charge in [-0.05, 0) is 52.4 Å². The molecule has 0 atom stereocenters. The van der Waals surface area contributed by atoms with E-state index >= 15 is 0 Å². The SMILES string of the molecule is CC(C)(C)OC(=O)NC1CCN(CC2CCN(S(=O)(=O)N3CCOCC3)CC2)CC1. The van der Waals surface area contributed by atoms with Crippen molar-refractivity contribution >= 4 is 16.3 Å². The number of amides is 1. The highest BCUT2D eigenvalue weighted by molar-refractivity contribution is 7.86. The molecule has 0 saturated carbocycles. The van der Waals surface area contributed by atoms with E-state index < -0.39 is 15.8 Å². The summed E-state index contributed by atoms with van der Waals surface area (Å²) in [5.41, 5.74) is -0.477. The molecule has 174 valence electrons. The number of hydrogen-bond acceptors (Lipinski definition) is 6. The summed E-state index contributed by atoms with van der Waals surface area (Å²) >= 11 is 0. The van der Waals surface area contributed by atoms with Gasteiger partial charge in [-0.3, -0.25) is 0 Å². The van der Waals surface area contributed by atoms with Crippen molar-refractivity contribution < 1.29 is 22.7 Å². The first-order valence-corrected chi connectivity index (χ1v) is 12.6. The summed E-state index contributed by atoms with van der Waals surface area (Å²) in [7, 11) is -3.35. The number of nitrogens with one attached hydrogen (secondary N) is 1. The van der Waals surface area contributed by atoms with Gasteiger partial charge in [-0.15, -0.1) is 0 Å². The first-order valence-electron chi connectivity index (χ1n) is 11.2. The van der Waals surface area contributed by atoms with Gasteiger partial charge in [-0.1, -0.05) is 0 Å². The number of likely N-dealkylation sites (tertiary alicyclic amines) is 1. The fourth-order valence-electron chi connectivity index (χ4n) is 4.36. The van der Waals surface area contributed by atoms with Crippen LogP contribution in [-0.2, 0) is 19.7 Å². The minimum absolute atomic E-state index is 0.164. The van der Waals surface area contributed by atoms with Crippen molar-refractivity contribution in [2.24, 2.45) is 5.92 Å². The van der Waals surface area contributed by atoms with Crippen LogP contribution in [0.25, 0.3) is 0 Å². The fraction of sp³-hybridized carbons (Fsp3) is 0.950. The van der Waals surface area contributed by atoms with Crippen LogP contribution < -0.4 is 5.32 Å². The van der Waals surface area contributed by atoms with E-state index in [-0.39, 0.29) is 12.1 Å². The molecular formula is C20H38N4O5S. The maximum atomic E-state index is 12.8. The van der Waals surface area contributed by atoms with Crippen LogP contribution in [0.15, 0.2) is 0 Å². The van der Waals surface area contributed by atoms with Gasteiger partial charge in [0.05, 0.1) is 13.2 Å². The van der Waals surface area contributed by atoms with Crippen LogP contribution >= 0.6 is 0 Å². The van der Waals surface area contributed by atoms with Crippen LogP contribution in [-0.4, -0.2) is 98.7 Å². The summed E-state index contributed by atoms with van der Waals surface area (Å²) in [6.07, 6.45) is 3.31. The zero-order valence-electron chi connectivity index (χ0n) is 18.6. The van der Waals surface area contributed by atoms with Crippen molar-refractivity contribution in [2.75, 3.05) is 59.0 Å². The molecule has 3 aliphatic heterocycles. The number of carbonyl (C=O) groups excluding carboxylic acids is 1. The second kappa shape index (κ2) is 10.1. The molecule has 1 N–H and O–H groups in total. The van der Waals surface area contributed by atoms with Crippen molar-refractivity contribution in [1.82, 2.24) is 18.8 Å². The first kappa shape index (κ1) is 23.7. The molecule has 0 aromatic heterocycles. The van der Waals surface area contributed by atoms with Gasteiger partial charge in [0.15, 0.2) is 0 Å². The molecule has 0 unspecified atom stereocenters. The van der Waals surface area contributed by atoms with Crippen LogP contribution in [0.2, 0.25) is 0 Å². The zero-order chi connectivity index (χ0) is 21.8. The second-order valence-electron chi connectivity index (χ2n) is 9.58. The molecule has 0 spiro atoms. The molecule has 9 nitrogen and oxygen atoms in total. The second-order valence-corrected chi connectivity index (χ2v) is 11.5. The fourth-order valence-corrected chi connectivity index (χ4v) is 5.97. The highest BCUT2D eigenvalue weighted by Gasteiger charge is 2.34. The van der Waals surface area contributed by atoms with Crippen LogP contribution in [0.4, 0.5) is 4.79 Å². The Kier molecular flexibility index (Phi) is 8.00. The third-order valence-electron chi connectivity index (χ3n) is 6.02. The van der Waals surface area contributed by atoms with Gasteiger partial charge in [0.1, 0.15) is 5.60 Å². The molecule has 3 rings (SSSR count). The number of carbonyl (C=O) groups is 1. The van der Waals surface area contributed by atoms with E-state index in [1.54, 1.807) is 8.61 Å². The summed E-state index contributed by atoms with van der Waals surface area (Å²) in [4.78, 5) is 14.4. The molecule has 0 aromatic rings. The third-order valence-corrected chi connectivity index (χ3v) is 8.06. The largest absolute Gasteiger partial charge is 0.444 e. The average molecular weight is 447 g/mol. The maximum absolute atomic E-state index is 12.8. The lowest BCUT2D eigenvalue weighted by molar-refractivity contribution is 0.0472. The van der Waals surface area contributed by atoms with Crippen LogP contribution in [0, 0.1) is 5.92 Å².